The number of carbonyl (C=O) groups is 2. The quantitative estimate of drug-likeness (QED) is 0.531. The van der Waals surface area contributed by atoms with E-state index in [-0.39, 0.29) is 24.5 Å². The molecule has 37 heavy (non-hydrogen) atoms. The Labute approximate surface area is 217 Å². The van der Waals surface area contributed by atoms with Crippen LogP contribution in [0, 0.1) is 6.92 Å². The molecule has 3 aromatic rings. The number of rotatable bonds is 7. The average Bonchev–Trinajstić information content (AvgIpc) is 3.78. The van der Waals surface area contributed by atoms with Crippen LogP contribution in [0.1, 0.15) is 18.4 Å². The summed E-state index contributed by atoms with van der Waals surface area (Å²) in [5.41, 5.74) is 3.59. The predicted octanol–water partition coefficient (Wildman–Crippen LogP) is 3.81. The first-order valence-electron chi connectivity index (χ1n) is 12.7. The van der Waals surface area contributed by atoms with Gasteiger partial charge in [-0.05, 0) is 56.2 Å². The first-order valence-corrected chi connectivity index (χ1v) is 12.7. The molecule has 0 unspecified atom stereocenters. The largest absolute Gasteiger partial charge is 0.497 e. The zero-order valence-corrected chi connectivity index (χ0v) is 21.3. The number of methoxy groups -OCH3 is 1. The topological polar surface area (TPSA) is 90.9 Å². The number of anilines is 2. The molecule has 1 saturated heterocycles. The second-order valence-corrected chi connectivity index (χ2v) is 9.53. The van der Waals surface area contributed by atoms with E-state index in [1.807, 2.05) is 72.5 Å². The van der Waals surface area contributed by atoms with Gasteiger partial charge in [0.1, 0.15) is 12.3 Å². The first kappa shape index (κ1) is 24.5. The molecule has 1 saturated carbocycles. The fourth-order valence-electron chi connectivity index (χ4n) is 4.45. The molecular weight excluding hydrogens is 468 g/mol. The summed E-state index contributed by atoms with van der Waals surface area (Å²) in [6.45, 7) is 4.59. The van der Waals surface area contributed by atoms with Crippen molar-refractivity contribution in [1.82, 2.24) is 20.0 Å². The maximum atomic E-state index is 13.1. The van der Waals surface area contributed by atoms with Crippen molar-refractivity contribution in [3.05, 3.63) is 66.2 Å². The van der Waals surface area contributed by atoms with Crippen molar-refractivity contribution < 1.29 is 14.3 Å². The monoisotopic (exact) mass is 500 g/mol. The van der Waals surface area contributed by atoms with Crippen LogP contribution in [0.5, 0.6) is 5.75 Å². The smallest absolute Gasteiger partial charge is 0.322 e. The maximum absolute atomic E-state index is 13.1. The van der Waals surface area contributed by atoms with Gasteiger partial charge >= 0.3 is 6.03 Å². The molecule has 0 spiro atoms. The number of benzene rings is 2. The fourth-order valence-corrected chi connectivity index (χ4v) is 4.45. The molecule has 2 aromatic carbocycles. The molecule has 1 aliphatic carbocycles. The van der Waals surface area contributed by atoms with Gasteiger partial charge in [0, 0.05) is 43.5 Å². The Bertz CT molecular complexity index is 1240. The van der Waals surface area contributed by atoms with E-state index >= 15 is 0 Å². The summed E-state index contributed by atoms with van der Waals surface area (Å²) in [4.78, 5) is 31.6. The molecule has 1 aliphatic heterocycles. The third-order valence-electron chi connectivity index (χ3n) is 6.83. The number of carbonyl (C=O) groups excluding carboxylic acids is 2. The maximum Gasteiger partial charge on any atom is 0.322 e. The van der Waals surface area contributed by atoms with E-state index in [0.717, 1.165) is 46.9 Å². The van der Waals surface area contributed by atoms with Crippen LogP contribution in [0.15, 0.2) is 60.7 Å². The molecule has 0 radical (unpaired) electrons. The van der Waals surface area contributed by atoms with Crippen molar-refractivity contribution in [3.63, 3.8) is 0 Å². The Morgan fingerprint density at radius 3 is 2.41 bits per heavy atom. The highest BCUT2D eigenvalue weighted by atomic mass is 16.5. The Kier molecular flexibility index (Phi) is 7.20. The number of nitrogens with one attached hydrogen (secondary N) is 1. The summed E-state index contributed by atoms with van der Waals surface area (Å²) in [6, 6.07) is 19.2. The van der Waals surface area contributed by atoms with Crippen LogP contribution < -0.4 is 15.0 Å². The minimum atomic E-state index is -0.218. The highest BCUT2D eigenvalue weighted by Crippen LogP contribution is 2.28. The summed E-state index contributed by atoms with van der Waals surface area (Å²) in [6.07, 6.45) is 1.87. The Balaban J connectivity index is 1.15. The van der Waals surface area contributed by atoms with Crippen molar-refractivity contribution >= 4 is 23.4 Å². The summed E-state index contributed by atoms with van der Waals surface area (Å²) in [5, 5.41) is 11.8. The molecule has 9 nitrogen and oxygen atoms in total. The van der Waals surface area contributed by atoms with Crippen molar-refractivity contribution in [2.75, 3.05) is 50.1 Å². The third-order valence-corrected chi connectivity index (χ3v) is 6.83. The molecule has 2 fully saturated rings. The molecule has 2 aliphatic rings. The van der Waals surface area contributed by atoms with Gasteiger partial charge in [-0.2, -0.15) is 0 Å². The van der Waals surface area contributed by atoms with Crippen molar-refractivity contribution in [1.29, 1.82) is 0 Å². The van der Waals surface area contributed by atoms with Crippen LogP contribution in [0.25, 0.3) is 11.3 Å². The van der Waals surface area contributed by atoms with Crippen LogP contribution >= 0.6 is 0 Å². The van der Waals surface area contributed by atoms with E-state index in [1.165, 1.54) is 0 Å². The van der Waals surface area contributed by atoms with Gasteiger partial charge < -0.3 is 24.8 Å². The SMILES string of the molecule is COc1cccc(-c2ccc(N3CCN(C(=O)CN(C(=O)Nc4ccc(C)cc4)C4CC4)CC3)nn2)c1. The van der Waals surface area contributed by atoms with E-state index in [9.17, 15) is 9.59 Å². The molecule has 0 atom stereocenters. The third kappa shape index (κ3) is 5.99. The first-order chi connectivity index (χ1) is 18.0. The number of aryl methyl sites for hydroxylation is 1. The minimum absolute atomic E-state index is 0.0231. The van der Waals surface area contributed by atoms with Crippen LogP contribution in [0.3, 0.4) is 0 Å². The number of aromatic nitrogens is 2. The molecule has 5 rings (SSSR count). The van der Waals surface area contributed by atoms with E-state index in [0.29, 0.717) is 26.2 Å². The Hall–Kier alpha value is -4.14. The zero-order valence-electron chi connectivity index (χ0n) is 21.3. The summed E-state index contributed by atoms with van der Waals surface area (Å²) in [5.74, 6) is 1.54. The van der Waals surface area contributed by atoms with Gasteiger partial charge in [-0.3, -0.25) is 4.79 Å². The number of piperazine rings is 1. The average molecular weight is 501 g/mol. The molecule has 0 bridgehead atoms. The standard InChI is InChI=1S/C28H32N6O3/c1-20-6-8-22(9-7-20)29-28(36)34(23-10-11-23)19-27(35)33-16-14-32(15-17-33)26-13-12-25(30-31-26)21-4-3-5-24(18-21)37-2/h3-9,12-13,18,23H,10-11,14-17,19H2,1-2H3,(H,29,36). The van der Waals surface area contributed by atoms with Gasteiger partial charge in [0.05, 0.1) is 12.8 Å². The van der Waals surface area contributed by atoms with Gasteiger partial charge in [-0.1, -0.05) is 29.8 Å². The molecule has 3 amide bonds. The van der Waals surface area contributed by atoms with Gasteiger partial charge in [0.15, 0.2) is 5.82 Å². The van der Waals surface area contributed by atoms with Crippen LogP contribution in [-0.4, -0.2) is 77.8 Å². The summed E-state index contributed by atoms with van der Waals surface area (Å²) < 4.78 is 5.29. The molecular formula is C28H32N6O3. The number of ether oxygens (including phenoxy) is 1. The molecule has 1 aromatic heterocycles. The fraction of sp³-hybridized carbons (Fsp3) is 0.357. The van der Waals surface area contributed by atoms with Crippen molar-refractivity contribution in [2.45, 2.75) is 25.8 Å². The van der Waals surface area contributed by atoms with Crippen molar-refractivity contribution in [2.24, 2.45) is 0 Å². The lowest BCUT2D eigenvalue weighted by atomic mass is 10.1. The molecule has 1 N–H and O–H groups in total. The van der Waals surface area contributed by atoms with E-state index in [1.54, 1.807) is 12.0 Å². The second-order valence-electron chi connectivity index (χ2n) is 9.53. The van der Waals surface area contributed by atoms with Gasteiger partial charge in [0.25, 0.3) is 0 Å². The number of urea groups is 1. The lowest BCUT2D eigenvalue weighted by Gasteiger charge is -2.36. The minimum Gasteiger partial charge on any atom is -0.497 e. The zero-order chi connectivity index (χ0) is 25.8. The Morgan fingerprint density at radius 2 is 1.76 bits per heavy atom. The van der Waals surface area contributed by atoms with Crippen LogP contribution in [-0.2, 0) is 4.79 Å². The summed E-state index contributed by atoms with van der Waals surface area (Å²) in [7, 11) is 1.64. The lowest BCUT2D eigenvalue weighted by molar-refractivity contribution is -0.132. The number of hydrogen-bond donors (Lipinski definition) is 1. The molecule has 192 valence electrons. The number of nitrogens with zero attached hydrogens (tertiary/aromatic N) is 5. The number of hydrogen-bond acceptors (Lipinski definition) is 6. The Morgan fingerprint density at radius 1 is 1.00 bits per heavy atom. The van der Waals surface area contributed by atoms with Gasteiger partial charge in [-0.15, -0.1) is 10.2 Å². The van der Waals surface area contributed by atoms with E-state index in [2.05, 4.69) is 20.4 Å². The highest BCUT2D eigenvalue weighted by Gasteiger charge is 2.35. The van der Waals surface area contributed by atoms with Crippen LogP contribution in [0.4, 0.5) is 16.3 Å². The molecule has 2 heterocycles. The lowest BCUT2D eigenvalue weighted by Crippen LogP contribution is -2.52. The highest BCUT2D eigenvalue weighted by molar-refractivity contribution is 5.93. The molecule has 9 heteroatoms. The van der Waals surface area contributed by atoms with E-state index < -0.39 is 0 Å². The van der Waals surface area contributed by atoms with Gasteiger partial charge in [-0.25, -0.2) is 4.79 Å². The van der Waals surface area contributed by atoms with Gasteiger partial charge in [0.2, 0.25) is 5.91 Å². The predicted molar refractivity (Wildman–Crippen MR) is 143 cm³/mol. The van der Waals surface area contributed by atoms with E-state index in [4.69, 9.17) is 4.74 Å². The summed E-state index contributed by atoms with van der Waals surface area (Å²) >= 11 is 0. The van der Waals surface area contributed by atoms with Crippen LogP contribution in [0.2, 0.25) is 0 Å². The van der Waals surface area contributed by atoms with Crippen molar-refractivity contribution in [3.8, 4) is 17.0 Å². The number of amides is 3. The normalized spacial score (nSPS) is 15.3. The second kappa shape index (κ2) is 10.9.